The van der Waals surface area contributed by atoms with Gasteiger partial charge in [-0.05, 0) is 26.2 Å². The van der Waals surface area contributed by atoms with Crippen molar-refractivity contribution < 1.29 is 0 Å². The minimum Gasteiger partial charge on any atom is -0.388 e. The van der Waals surface area contributed by atoms with Crippen LogP contribution < -0.4 is 10.6 Å². The van der Waals surface area contributed by atoms with E-state index in [9.17, 15) is 0 Å². The van der Waals surface area contributed by atoms with Crippen LogP contribution in [0, 0.1) is 0 Å². The van der Waals surface area contributed by atoms with E-state index in [4.69, 9.17) is 18.0 Å². The first-order valence-corrected chi connectivity index (χ1v) is 6.45. The van der Waals surface area contributed by atoms with Crippen molar-refractivity contribution in [3.05, 3.63) is 18.1 Å². The SMILES string of the molecule is CCC1CCC(C)N1c1nccnc1C(N)=S. The van der Waals surface area contributed by atoms with Crippen LogP contribution in [0.25, 0.3) is 0 Å². The van der Waals surface area contributed by atoms with Gasteiger partial charge in [-0.2, -0.15) is 0 Å². The molecule has 5 heteroatoms. The van der Waals surface area contributed by atoms with Crippen LogP contribution in [0.2, 0.25) is 0 Å². The van der Waals surface area contributed by atoms with Gasteiger partial charge in [-0.25, -0.2) is 9.97 Å². The number of nitrogens with zero attached hydrogens (tertiary/aromatic N) is 3. The Morgan fingerprint density at radius 2 is 2.18 bits per heavy atom. The summed E-state index contributed by atoms with van der Waals surface area (Å²) in [7, 11) is 0. The highest BCUT2D eigenvalue weighted by atomic mass is 32.1. The normalized spacial score (nSPS) is 24.0. The summed E-state index contributed by atoms with van der Waals surface area (Å²) in [5.41, 5.74) is 6.36. The minimum absolute atomic E-state index is 0.321. The van der Waals surface area contributed by atoms with E-state index >= 15 is 0 Å². The van der Waals surface area contributed by atoms with Crippen LogP contribution in [0.5, 0.6) is 0 Å². The van der Waals surface area contributed by atoms with Gasteiger partial charge in [0.25, 0.3) is 0 Å². The Balaban J connectivity index is 2.41. The second kappa shape index (κ2) is 4.96. The van der Waals surface area contributed by atoms with Gasteiger partial charge in [-0.1, -0.05) is 19.1 Å². The van der Waals surface area contributed by atoms with E-state index in [0.29, 0.717) is 22.8 Å². The molecule has 0 saturated carbocycles. The number of thiocarbonyl (C=S) groups is 1. The maximum atomic E-state index is 5.72. The van der Waals surface area contributed by atoms with Crippen molar-refractivity contribution in [1.29, 1.82) is 0 Å². The lowest BCUT2D eigenvalue weighted by Gasteiger charge is -2.30. The highest BCUT2D eigenvalue weighted by Crippen LogP contribution is 2.31. The largest absolute Gasteiger partial charge is 0.388 e. The molecule has 1 saturated heterocycles. The van der Waals surface area contributed by atoms with Gasteiger partial charge in [0.05, 0.1) is 0 Å². The van der Waals surface area contributed by atoms with Gasteiger partial charge in [0, 0.05) is 24.5 Å². The molecule has 2 unspecified atom stereocenters. The molecule has 1 fully saturated rings. The number of nitrogens with two attached hydrogens (primary N) is 1. The third kappa shape index (κ3) is 2.24. The summed E-state index contributed by atoms with van der Waals surface area (Å²) in [5.74, 6) is 0.844. The van der Waals surface area contributed by atoms with E-state index in [0.717, 1.165) is 12.2 Å². The third-order valence-corrected chi connectivity index (χ3v) is 3.61. The number of rotatable bonds is 3. The number of hydrogen-bond donors (Lipinski definition) is 1. The Kier molecular flexibility index (Phi) is 3.57. The van der Waals surface area contributed by atoms with Crippen molar-refractivity contribution in [2.45, 2.75) is 45.2 Å². The van der Waals surface area contributed by atoms with Crippen molar-refractivity contribution in [2.75, 3.05) is 4.90 Å². The summed E-state index contributed by atoms with van der Waals surface area (Å²) in [6.45, 7) is 4.42. The van der Waals surface area contributed by atoms with Gasteiger partial charge in [0.1, 0.15) is 10.7 Å². The van der Waals surface area contributed by atoms with Gasteiger partial charge in [0.2, 0.25) is 0 Å². The molecule has 2 rings (SSSR count). The third-order valence-electron chi connectivity index (χ3n) is 3.41. The monoisotopic (exact) mass is 250 g/mol. The van der Waals surface area contributed by atoms with E-state index in [2.05, 4.69) is 28.7 Å². The lowest BCUT2D eigenvalue weighted by atomic mass is 10.1. The van der Waals surface area contributed by atoms with Crippen LogP contribution in [0.1, 0.15) is 38.8 Å². The number of aromatic nitrogens is 2. The van der Waals surface area contributed by atoms with Crippen LogP contribution in [0.4, 0.5) is 5.82 Å². The van der Waals surface area contributed by atoms with E-state index in [-0.39, 0.29) is 0 Å². The number of anilines is 1. The first-order valence-electron chi connectivity index (χ1n) is 6.04. The standard InChI is InChI=1S/C12H18N4S/c1-3-9-5-4-8(2)16(9)12-10(11(13)17)14-6-7-15-12/h6-9H,3-5H2,1-2H3,(H2,13,17). The summed E-state index contributed by atoms with van der Waals surface area (Å²) >= 11 is 5.05. The lowest BCUT2D eigenvalue weighted by molar-refractivity contribution is 0.619. The Hall–Kier alpha value is -1.23. The van der Waals surface area contributed by atoms with Gasteiger partial charge in [-0.15, -0.1) is 0 Å². The minimum atomic E-state index is 0.321. The smallest absolute Gasteiger partial charge is 0.158 e. The summed E-state index contributed by atoms with van der Waals surface area (Å²) in [6.07, 6.45) is 6.84. The van der Waals surface area contributed by atoms with Crippen molar-refractivity contribution in [3.8, 4) is 0 Å². The van der Waals surface area contributed by atoms with Crippen molar-refractivity contribution >= 4 is 23.0 Å². The quantitative estimate of drug-likeness (QED) is 0.830. The first kappa shape index (κ1) is 12.2. The Morgan fingerprint density at radius 3 is 2.82 bits per heavy atom. The molecule has 92 valence electrons. The van der Waals surface area contributed by atoms with E-state index in [1.807, 2.05) is 0 Å². The van der Waals surface area contributed by atoms with E-state index in [1.165, 1.54) is 12.8 Å². The maximum Gasteiger partial charge on any atom is 0.158 e. The van der Waals surface area contributed by atoms with Crippen molar-refractivity contribution in [2.24, 2.45) is 5.73 Å². The molecule has 2 atom stereocenters. The molecule has 0 spiro atoms. The molecule has 0 bridgehead atoms. The summed E-state index contributed by atoms with van der Waals surface area (Å²) in [4.78, 5) is 11.3. The average molecular weight is 250 g/mol. The molecule has 0 aliphatic carbocycles. The Labute approximate surface area is 107 Å². The van der Waals surface area contributed by atoms with Crippen LogP contribution >= 0.6 is 12.2 Å². The second-order valence-corrected chi connectivity index (χ2v) is 4.93. The maximum absolute atomic E-state index is 5.72. The molecule has 0 radical (unpaired) electrons. The van der Waals surface area contributed by atoms with Crippen LogP contribution in [0.3, 0.4) is 0 Å². The molecular weight excluding hydrogens is 232 g/mol. The second-order valence-electron chi connectivity index (χ2n) is 4.49. The fourth-order valence-corrected chi connectivity index (χ4v) is 2.69. The highest BCUT2D eigenvalue weighted by molar-refractivity contribution is 7.80. The lowest BCUT2D eigenvalue weighted by Crippen LogP contribution is -2.36. The molecule has 1 aromatic rings. The zero-order chi connectivity index (χ0) is 12.4. The average Bonchev–Trinajstić information content (AvgIpc) is 2.70. The molecule has 2 N–H and O–H groups in total. The summed E-state index contributed by atoms with van der Waals surface area (Å²) in [5, 5.41) is 0. The predicted octanol–water partition coefficient (Wildman–Crippen LogP) is 1.88. The zero-order valence-corrected chi connectivity index (χ0v) is 11.1. The fraction of sp³-hybridized carbons (Fsp3) is 0.583. The topological polar surface area (TPSA) is 55.0 Å². The van der Waals surface area contributed by atoms with E-state index in [1.54, 1.807) is 12.4 Å². The van der Waals surface area contributed by atoms with E-state index < -0.39 is 0 Å². The summed E-state index contributed by atoms with van der Waals surface area (Å²) in [6, 6.07) is 1.000. The summed E-state index contributed by atoms with van der Waals surface area (Å²) < 4.78 is 0. The molecule has 1 aliphatic heterocycles. The van der Waals surface area contributed by atoms with Gasteiger partial charge in [0.15, 0.2) is 5.82 Å². The molecule has 0 amide bonds. The molecule has 0 aromatic carbocycles. The molecule has 4 nitrogen and oxygen atoms in total. The predicted molar refractivity (Wildman–Crippen MR) is 73.2 cm³/mol. The molecular formula is C12H18N4S. The van der Waals surface area contributed by atoms with Crippen molar-refractivity contribution in [3.63, 3.8) is 0 Å². The number of hydrogen-bond acceptors (Lipinski definition) is 4. The molecule has 2 heterocycles. The zero-order valence-electron chi connectivity index (χ0n) is 10.3. The molecule has 1 aliphatic rings. The first-order chi connectivity index (χ1) is 8.15. The van der Waals surface area contributed by atoms with Crippen LogP contribution in [-0.4, -0.2) is 27.0 Å². The molecule has 1 aromatic heterocycles. The Morgan fingerprint density at radius 1 is 1.47 bits per heavy atom. The molecule has 17 heavy (non-hydrogen) atoms. The van der Waals surface area contributed by atoms with Gasteiger partial charge >= 0.3 is 0 Å². The fourth-order valence-electron chi connectivity index (χ4n) is 2.55. The Bertz CT molecular complexity index is 421. The highest BCUT2D eigenvalue weighted by Gasteiger charge is 2.32. The van der Waals surface area contributed by atoms with Crippen LogP contribution in [0.15, 0.2) is 12.4 Å². The van der Waals surface area contributed by atoms with Crippen LogP contribution in [-0.2, 0) is 0 Å². The van der Waals surface area contributed by atoms with Gasteiger partial charge in [-0.3, -0.25) is 0 Å². The van der Waals surface area contributed by atoms with Crippen molar-refractivity contribution in [1.82, 2.24) is 9.97 Å². The van der Waals surface area contributed by atoms with Gasteiger partial charge < -0.3 is 10.6 Å².